The van der Waals surface area contributed by atoms with E-state index in [2.05, 4.69) is 15.5 Å². The molecular weight excluding hydrogens is 406 g/mol. The third-order valence-electron chi connectivity index (χ3n) is 4.97. The molecule has 8 nitrogen and oxygen atoms in total. The number of amides is 1. The van der Waals surface area contributed by atoms with Crippen molar-refractivity contribution in [2.45, 2.75) is 42.4 Å². The summed E-state index contributed by atoms with van der Waals surface area (Å²) in [5.74, 6) is -0.113. The fraction of sp³-hybridized carbons (Fsp3) is 0.381. The number of nitrogens with one attached hydrogen (secondary N) is 1. The quantitative estimate of drug-likeness (QED) is 0.535. The molecule has 0 unspecified atom stereocenters. The summed E-state index contributed by atoms with van der Waals surface area (Å²) in [4.78, 5) is 22.8. The molecule has 2 heterocycles. The number of anilines is 1. The third-order valence-corrected chi connectivity index (χ3v) is 7.25. The van der Waals surface area contributed by atoms with Crippen LogP contribution in [0.3, 0.4) is 0 Å². The molecule has 2 aliphatic rings. The molecule has 1 aromatic carbocycles. The largest absolute Gasteiger partial charge is 0.389 e. The van der Waals surface area contributed by atoms with Crippen LogP contribution in [0, 0.1) is 6.92 Å². The van der Waals surface area contributed by atoms with Crippen molar-refractivity contribution in [3.8, 4) is 0 Å². The van der Waals surface area contributed by atoms with Gasteiger partial charge in [-0.3, -0.25) is 4.79 Å². The smallest absolute Gasteiger partial charge is 0.279 e. The summed E-state index contributed by atoms with van der Waals surface area (Å²) in [6.45, 7) is 2.90. The Morgan fingerprint density at radius 2 is 1.93 bits per heavy atom. The average Bonchev–Trinajstić information content (AvgIpc) is 3.48. The number of carbonyl (C=O) groups excluding carboxylic acids is 1. The predicted molar refractivity (Wildman–Crippen MR) is 111 cm³/mol. The van der Waals surface area contributed by atoms with E-state index in [9.17, 15) is 13.2 Å². The minimum absolute atomic E-state index is 0.0413. The molecule has 2 aromatic rings. The van der Waals surface area contributed by atoms with Crippen LogP contribution in [0.1, 0.15) is 30.4 Å². The van der Waals surface area contributed by atoms with Crippen LogP contribution in [0.15, 0.2) is 52.6 Å². The van der Waals surface area contributed by atoms with Crippen LogP contribution in [-0.4, -0.2) is 49.6 Å². The summed E-state index contributed by atoms with van der Waals surface area (Å²) in [7, 11) is -3.30. The highest BCUT2D eigenvalue weighted by molar-refractivity contribution is 7.92. The SMILES string of the molecule is Cc1ccc(NC(=O)/C(=N/O[C@@H]2CCOC2)c2ccc(S(=O)(=O)C3CC3)cc2)nc1. The van der Waals surface area contributed by atoms with Gasteiger partial charge in [-0.15, -0.1) is 0 Å². The van der Waals surface area contributed by atoms with Crippen molar-refractivity contribution in [3.63, 3.8) is 0 Å². The number of hydrogen-bond donors (Lipinski definition) is 1. The van der Waals surface area contributed by atoms with Gasteiger partial charge in [-0.1, -0.05) is 23.4 Å². The van der Waals surface area contributed by atoms with Gasteiger partial charge >= 0.3 is 0 Å². The molecule has 1 aliphatic heterocycles. The summed E-state index contributed by atoms with van der Waals surface area (Å²) < 4.78 is 30.1. The van der Waals surface area contributed by atoms with E-state index in [1.807, 2.05) is 13.0 Å². The molecular formula is C21H23N3O5S. The molecule has 0 bridgehead atoms. The van der Waals surface area contributed by atoms with Gasteiger partial charge in [0, 0.05) is 18.2 Å². The predicted octanol–water partition coefficient (Wildman–Crippen LogP) is 2.47. The Labute approximate surface area is 175 Å². The Morgan fingerprint density at radius 3 is 2.53 bits per heavy atom. The summed E-state index contributed by atoms with van der Waals surface area (Å²) in [5, 5.41) is 6.49. The van der Waals surface area contributed by atoms with Gasteiger partial charge in [0.15, 0.2) is 21.7 Å². The lowest BCUT2D eigenvalue weighted by molar-refractivity contribution is -0.110. The van der Waals surface area contributed by atoms with Crippen LogP contribution in [0.5, 0.6) is 0 Å². The molecule has 4 rings (SSSR count). The minimum atomic E-state index is -3.30. The van der Waals surface area contributed by atoms with Crippen LogP contribution in [0.4, 0.5) is 5.82 Å². The van der Waals surface area contributed by atoms with E-state index in [0.717, 1.165) is 5.56 Å². The highest BCUT2D eigenvalue weighted by Gasteiger charge is 2.36. The molecule has 30 heavy (non-hydrogen) atoms. The normalized spacial score (nSPS) is 19.5. The maximum atomic E-state index is 12.9. The van der Waals surface area contributed by atoms with Crippen LogP contribution < -0.4 is 5.32 Å². The molecule has 0 spiro atoms. The number of pyridine rings is 1. The highest BCUT2D eigenvalue weighted by Crippen LogP contribution is 2.33. The van der Waals surface area contributed by atoms with Crippen molar-refractivity contribution < 1.29 is 22.8 Å². The molecule has 1 N–H and O–H groups in total. The second-order valence-electron chi connectivity index (χ2n) is 7.47. The summed E-state index contributed by atoms with van der Waals surface area (Å²) in [5.41, 5.74) is 1.46. The number of oxime groups is 1. The van der Waals surface area contributed by atoms with Crippen molar-refractivity contribution in [2.24, 2.45) is 5.16 Å². The Kier molecular flexibility index (Phi) is 5.83. The topological polar surface area (TPSA) is 107 Å². The molecule has 1 saturated heterocycles. The zero-order chi connectivity index (χ0) is 21.1. The van der Waals surface area contributed by atoms with Gasteiger partial charge < -0.3 is 14.9 Å². The second kappa shape index (κ2) is 8.53. The summed E-state index contributed by atoms with van der Waals surface area (Å²) in [6.07, 6.45) is 3.51. The van der Waals surface area contributed by atoms with E-state index >= 15 is 0 Å². The van der Waals surface area contributed by atoms with Crippen molar-refractivity contribution >= 4 is 27.3 Å². The summed E-state index contributed by atoms with van der Waals surface area (Å²) >= 11 is 0. The Morgan fingerprint density at radius 1 is 1.17 bits per heavy atom. The van der Waals surface area contributed by atoms with E-state index in [0.29, 0.717) is 43.9 Å². The zero-order valence-electron chi connectivity index (χ0n) is 16.6. The molecule has 1 aromatic heterocycles. The first-order valence-corrected chi connectivity index (χ1v) is 11.4. The maximum Gasteiger partial charge on any atom is 0.279 e. The number of hydrogen-bond acceptors (Lipinski definition) is 7. The lowest BCUT2D eigenvalue weighted by atomic mass is 10.1. The number of aryl methyl sites for hydroxylation is 1. The number of carbonyl (C=O) groups is 1. The first kappa shape index (κ1) is 20.5. The van der Waals surface area contributed by atoms with Gasteiger partial charge in [0.25, 0.3) is 5.91 Å². The van der Waals surface area contributed by atoms with Crippen LogP contribution in [0.2, 0.25) is 0 Å². The van der Waals surface area contributed by atoms with Gasteiger partial charge in [-0.25, -0.2) is 13.4 Å². The van der Waals surface area contributed by atoms with Gasteiger partial charge in [-0.05, 0) is 43.5 Å². The van der Waals surface area contributed by atoms with Crippen molar-refractivity contribution in [1.82, 2.24) is 4.98 Å². The molecule has 1 aliphatic carbocycles. The number of aromatic nitrogens is 1. The molecule has 1 saturated carbocycles. The third kappa shape index (κ3) is 4.68. The molecule has 1 amide bonds. The molecule has 0 radical (unpaired) electrons. The lowest BCUT2D eigenvalue weighted by Gasteiger charge is -2.11. The fourth-order valence-corrected chi connectivity index (χ4v) is 4.70. The maximum absolute atomic E-state index is 12.9. The number of ether oxygens (including phenoxy) is 1. The Bertz CT molecular complexity index is 1040. The Balaban J connectivity index is 1.58. The highest BCUT2D eigenvalue weighted by atomic mass is 32.2. The van der Waals surface area contributed by atoms with E-state index in [1.165, 1.54) is 12.1 Å². The van der Waals surface area contributed by atoms with Gasteiger partial charge in [0.1, 0.15) is 5.82 Å². The first-order valence-electron chi connectivity index (χ1n) is 9.83. The monoisotopic (exact) mass is 429 g/mol. The zero-order valence-corrected chi connectivity index (χ0v) is 17.4. The van der Waals surface area contributed by atoms with Gasteiger partial charge in [0.2, 0.25) is 0 Å². The molecule has 2 fully saturated rings. The number of rotatable bonds is 7. The van der Waals surface area contributed by atoms with Gasteiger partial charge in [-0.2, -0.15) is 0 Å². The van der Waals surface area contributed by atoms with Crippen molar-refractivity contribution in [3.05, 3.63) is 53.7 Å². The van der Waals surface area contributed by atoms with E-state index in [1.54, 1.807) is 24.4 Å². The second-order valence-corrected chi connectivity index (χ2v) is 9.70. The Hall–Kier alpha value is -2.78. The average molecular weight is 429 g/mol. The fourth-order valence-electron chi connectivity index (χ4n) is 3.04. The standard InChI is InChI=1S/C21H23N3O5S/c1-14-2-9-19(22-12-14)23-21(25)20(24-29-16-10-11-28-13-16)15-3-5-17(6-4-15)30(26,27)18-7-8-18/h2-6,9,12,16,18H,7-8,10-11,13H2,1H3,(H,22,23,25)/b24-20+/t16-/m1/s1. The number of benzene rings is 1. The molecule has 9 heteroatoms. The van der Waals surface area contributed by atoms with Crippen LogP contribution >= 0.6 is 0 Å². The van der Waals surface area contributed by atoms with E-state index in [4.69, 9.17) is 9.57 Å². The van der Waals surface area contributed by atoms with E-state index < -0.39 is 15.7 Å². The number of sulfone groups is 1. The molecule has 1 atom stereocenters. The van der Waals surface area contributed by atoms with Crippen molar-refractivity contribution in [1.29, 1.82) is 0 Å². The van der Waals surface area contributed by atoms with Crippen molar-refractivity contribution in [2.75, 3.05) is 18.5 Å². The molecule has 158 valence electrons. The first-order chi connectivity index (χ1) is 14.4. The summed E-state index contributed by atoms with van der Waals surface area (Å²) in [6, 6.07) is 9.70. The van der Waals surface area contributed by atoms with Gasteiger partial charge in [0.05, 0.1) is 23.4 Å². The van der Waals surface area contributed by atoms with Crippen LogP contribution in [0.25, 0.3) is 0 Å². The van der Waals surface area contributed by atoms with Crippen LogP contribution in [-0.2, 0) is 24.2 Å². The minimum Gasteiger partial charge on any atom is -0.389 e. The number of nitrogens with zero attached hydrogens (tertiary/aromatic N) is 2. The van der Waals surface area contributed by atoms with E-state index in [-0.39, 0.29) is 22.0 Å². The lowest BCUT2D eigenvalue weighted by Crippen LogP contribution is -2.25.